The molecule has 2 aromatic carbocycles. The lowest BCUT2D eigenvalue weighted by molar-refractivity contribution is 0.0936. The van der Waals surface area contributed by atoms with Crippen LogP contribution in [0.2, 0.25) is 5.02 Å². The predicted molar refractivity (Wildman–Crippen MR) is 105 cm³/mol. The molecule has 1 unspecified atom stereocenters. The fourth-order valence-corrected chi connectivity index (χ4v) is 3.02. The van der Waals surface area contributed by atoms with Gasteiger partial charge in [0.15, 0.2) is 0 Å². The number of nitrogens with zero attached hydrogens (tertiary/aromatic N) is 1. The van der Waals surface area contributed by atoms with Gasteiger partial charge in [-0.15, -0.1) is 0 Å². The van der Waals surface area contributed by atoms with Crippen LogP contribution in [0.1, 0.15) is 40.4 Å². The molecule has 0 saturated carbocycles. The normalized spacial score (nSPS) is 12.2. The molecule has 1 N–H and O–H groups in total. The van der Waals surface area contributed by atoms with Gasteiger partial charge in [0.25, 0.3) is 5.91 Å². The van der Waals surface area contributed by atoms with Crippen molar-refractivity contribution in [3.05, 3.63) is 69.7 Å². The first-order valence-corrected chi connectivity index (χ1v) is 9.04. The van der Waals surface area contributed by atoms with Crippen LogP contribution in [0.4, 0.5) is 0 Å². The molecule has 0 heterocycles. The maximum Gasteiger partial charge on any atom is 0.253 e. The standard InChI is InChI=1S/C21H27ClN2O/c1-15-12-19(20(22)13-16(15)2)21(25)23-17(3)10-11-24(4)14-18-8-6-5-7-9-18/h5-9,12-13,17H,10-11,14H2,1-4H3,(H,23,25). The maximum absolute atomic E-state index is 12.5. The second-order valence-electron chi connectivity index (χ2n) is 6.80. The van der Waals surface area contributed by atoms with E-state index in [4.69, 9.17) is 11.6 Å². The Morgan fingerprint density at radius 3 is 2.48 bits per heavy atom. The van der Waals surface area contributed by atoms with Crippen molar-refractivity contribution < 1.29 is 4.79 Å². The summed E-state index contributed by atoms with van der Waals surface area (Å²) in [6.07, 6.45) is 0.886. The van der Waals surface area contributed by atoms with E-state index in [0.29, 0.717) is 10.6 Å². The monoisotopic (exact) mass is 358 g/mol. The number of aryl methyl sites for hydroxylation is 2. The van der Waals surface area contributed by atoms with Crippen LogP contribution in [0.5, 0.6) is 0 Å². The first kappa shape index (κ1) is 19.5. The van der Waals surface area contributed by atoms with E-state index >= 15 is 0 Å². The Kier molecular flexibility index (Phi) is 7.03. The van der Waals surface area contributed by atoms with Crippen molar-refractivity contribution in [1.29, 1.82) is 0 Å². The van der Waals surface area contributed by atoms with Gasteiger partial charge in [-0.05, 0) is 63.1 Å². The second kappa shape index (κ2) is 9.02. The van der Waals surface area contributed by atoms with Gasteiger partial charge in [0.1, 0.15) is 0 Å². The van der Waals surface area contributed by atoms with E-state index < -0.39 is 0 Å². The van der Waals surface area contributed by atoms with E-state index in [1.165, 1.54) is 5.56 Å². The number of amides is 1. The van der Waals surface area contributed by atoms with Crippen molar-refractivity contribution in [2.45, 2.75) is 39.8 Å². The van der Waals surface area contributed by atoms with Crippen molar-refractivity contribution in [2.24, 2.45) is 0 Å². The lowest BCUT2D eigenvalue weighted by atomic mass is 10.1. The van der Waals surface area contributed by atoms with E-state index in [9.17, 15) is 4.79 Å². The van der Waals surface area contributed by atoms with Crippen LogP contribution in [0.25, 0.3) is 0 Å². The Balaban J connectivity index is 1.84. The van der Waals surface area contributed by atoms with Crippen LogP contribution >= 0.6 is 11.6 Å². The summed E-state index contributed by atoms with van der Waals surface area (Å²) >= 11 is 6.23. The van der Waals surface area contributed by atoms with Gasteiger partial charge in [0.05, 0.1) is 10.6 Å². The van der Waals surface area contributed by atoms with Gasteiger partial charge in [-0.1, -0.05) is 41.9 Å². The van der Waals surface area contributed by atoms with Gasteiger partial charge >= 0.3 is 0 Å². The molecule has 134 valence electrons. The van der Waals surface area contributed by atoms with Crippen LogP contribution < -0.4 is 5.32 Å². The molecule has 3 nitrogen and oxygen atoms in total. The lowest BCUT2D eigenvalue weighted by Crippen LogP contribution is -2.35. The van der Waals surface area contributed by atoms with E-state index in [-0.39, 0.29) is 11.9 Å². The van der Waals surface area contributed by atoms with Crippen LogP contribution in [0, 0.1) is 13.8 Å². The van der Waals surface area contributed by atoms with Crippen LogP contribution in [0.3, 0.4) is 0 Å². The smallest absolute Gasteiger partial charge is 0.253 e. The summed E-state index contributed by atoms with van der Waals surface area (Å²) in [5, 5.41) is 3.56. The minimum atomic E-state index is -0.105. The molecule has 0 aliphatic heterocycles. The number of nitrogens with one attached hydrogen (secondary N) is 1. The summed E-state index contributed by atoms with van der Waals surface area (Å²) in [5.74, 6) is -0.105. The summed E-state index contributed by atoms with van der Waals surface area (Å²) < 4.78 is 0. The maximum atomic E-state index is 12.5. The van der Waals surface area contributed by atoms with Crippen LogP contribution in [-0.2, 0) is 6.54 Å². The molecular weight excluding hydrogens is 332 g/mol. The number of halogens is 1. The highest BCUT2D eigenvalue weighted by Gasteiger charge is 2.15. The summed E-state index contributed by atoms with van der Waals surface area (Å²) in [4.78, 5) is 14.7. The first-order chi connectivity index (χ1) is 11.9. The third-order valence-electron chi connectivity index (χ3n) is 4.44. The molecule has 4 heteroatoms. The molecule has 0 spiro atoms. The fraction of sp³-hybridized carbons (Fsp3) is 0.381. The quantitative estimate of drug-likeness (QED) is 0.784. The highest BCUT2D eigenvalue weighted by atomic mass is 35.5. The minimum absolute atomic E-state index is 0.0865. The average Bonchev–Trinajstić information content (AvgIpc) is 2.57. The fourth-order valence-electron chi connectivity index (χ4n) is 2.72. The number of carbonyl (C=O) groups is 1. The number of carbonyl (C=O) groups excluding carboxylic acids is 1. The molecule has 1 amide bonds. The number of hydrogen-bond acceptors (Lipinski definition) is 2. The summed E-state index contributed by atoms with van der Waals surface area (Å²) in [6.45, 7) is 7.84. The molecule has 2 rings (SSSR count). The lowest BCUT2D eigenvalue weighted by Gasteiger charge is -2.20. The average molecular weight is 359 g/mol. The molecular formula is C21H27ClN2O. The zero-order valence-electron chi connectivity index (χ0n) is 15.5. The Morgan fingerprint density at radius 1 is 1.16 bits per heavy atom. The number of hydrogen-bond donors (Lipinski definition) is 1. The Labute approximate surface area is 156 Å². The number of rotatable bonds is 7. The molecule has 0 aliphatic rings. The van der Waals surface area contributed by atoms with E-state index in [2.05, 4.69) is 41.5 Å². The van der Waals surface area contributed by atoms with Gasteiger partial charge in [0.2, 0.25) is 0 Å². The van der Waals surface area contributed by atoms with Gasteiger partial charge in [0, 0.05) is 19.1 Å². The van der Waals surface area contributed by atoms with Crippen molar-refractivity contribution in [1.82, 2.24) is 10.2 Å². The van der Waals surface area contributed by atoms with Crippen LogP contribution in [0.15, 0.2) is 42.5 Å². The van der Waals surface area contributed by atoms with E-state index in [1.807, 2.05) is 39.0 Å². The molecule has 1 atom stereocenters. The summed E-state index contributed by atoms with van der Waals surface area (Å²) in [5.41, 5.74) is 4.01. The SMILES string of the molecule is Cc1cc(Cl)c(C(=O)NC(C)CCN(C)Cc2ccccc2)cc1C. The van der Waals surface area contributed by atoms with Crippen molar-refractivity contribution >= 4 is 17.5 Å². The molecule has 25 heavy (non-hydrogen) atoms. The Hall–Kier alpha value is -1.84. The third kappa shape index (κ3) is 5.87. The summed E-state index contributed by atoms with van der Waals surface area (Å²) in [6, 6.07) is 14.2. The molecule has 0 saturated heterocycles. The molecule has 0 fully saturated rings. The molecule has 0 bridgehead atoms. The van der Waals surface area contributed by atoms with Crippen molar-refractivity contribution in [2.75, 3.05) is 13.6 Å². The minimum Gasteiger partial charge on any atom is -0.349 e. The van der Waals surface area contributed by atoms with E-state index in [1.54, 1.807) is 0 Å². The Bertz CT molecular complexity index is 715. The summed E-state index contributed by atoms with van der Waals surface area (Å²) in [7, 11) is 2.10. The largest absolute Gasteiger partial charge is 0.349 e. The van der Waals surface area contributed by atoms with Crippen LogP contribution in [-0.4, -0.2) is 30.4 Å². The van der Waals surface area contributed by atoms with Crippen molar-refractivity contribution in [3.63, 3.8) is 0 Å². The zero-order chi connectivity index (χ0) is 18.4. The zero-order valence-corrected chi connectivity index (χ0v) is 16.2. The predicted octanol–water partition coefficient (Wildman–Crippen LogP) is 4.60. The Morgan fingerprint density at radius 2 is 1.80 bits per heavy atom. The van der Waals surface area contributed by atoms with Gasteiger partial charge < -0.3 is 10.2 Å². The van der Waals surface area contributed by atoms with Gasteiger partial charge in [-0.25, -0.2) is 0 Å². The highest BCUT2D eigenvalue weighted by molar-refractivity contribution is 6.34. The van der Waals surface area contributed by atoms with E-state index in [0.717, 1.165) is 30.6 Å². The molecule has 2 aromatic rings. The molecule has 0 aromatic heterocycles. The molecule has 0 radical (unpaired) electrons. The third-order valence-corrected chi connectivity index (χ3v) is 4.76. The first-order valence-electron chi connectivity index (χ1n) is 8.67. The second-order valence-corrected chi connectivity index (χ2v) is 7.21. The highest BCUT2D eigenvalue weighted by Crippen LogP contribution is 2.21. The van der Waals surface area contributed by atoms with Gasteiger partial charge in [-0.3, -0.25) is 4.79 Å². The van der Waals surface area contributed by atoms with Crippen molar-refractivity contribution in [3.8, 4) is 0 Å². The molecule has 0 aliphatic carbocycles. The van der Waals surface area contributed by atoms with Gasteiger partial charge in [-0.2, -0.15) is 0 Å². The topological polar surface area (TPSA) is 32.3 Å². The number of benzene rings is 2.